The van der Waals surface area contributed by atoms with Gasteiger partial charge in [-0.05, 0) is 30.3 Å². The van der Waals surface area contributed by atoms with Gasteiger partial charge < -0.3 is 14.8 Å². The Hall–Kier alpha value is -1.73. The maximum Gasteiger partial charge on any atom is 0.223 e. The van der Waals surface area contributed by atoms with Gasteiger partial charge in [-0.15, -0.1) is 11.3 Å². The summed E-state index contributed by atoms with van der Waals surface area (Å²) in [5.74, 6) is 0.578. The largest absolute Gasteiger partial charge is 0.474 e. The lowest BCUT2D eigenvalue weighted by Gasteiger charge is -2.23. The molecule has 1 atom stereocenters. The highest BCUT2D eigenvalue weighted by atomic mass is 35.5. The third kappa shape index (κ3) is 3.37. The van der Waals surface area contributed by atoms with Crippen molar-refractivity contribution in [1.29, 1.82) is 0 Å². The SMILES string of the molecule is Clc1ccc(-c2cc3ncccc3c(OC[C@@H]3CNCCO3)n2)s1. The van der Waals surface area contributed by atoms with Crippen molar-refractivity contribution in [2.45, 2.75) is 6.10 Å². The molecular formula is C17H16ClN3O2S. The van der Waals surface area contributed by atoms with Crippen LogP contribution >= 0.6 is 22.9 Å². The van der Waals surface area contributed by atoms with Crippen LogP contribution in [0.1, 0.15) is 0 Å². The fraction of sp³-hybridized carbons (Fsp3) is 0.294. The molecule has 124 valence electrons. The zero-order valence-electron chi connectivity index (χ0n) is 12.9. The Bertz CT molecular complexity index is 849. The molecule has 1 fully saturated rings. The number of morpholine rings is 1. The second-order valence-electron chi connectivity index (χ2n) is 5.49. The van der Waals surface area contributed by atoms with Gasteiger partial charge in [-0.2, -0.15) is 0 Å². The van der Waals surface area contributed by atoms with Crippen molar-refractivity contribution in [3.8, 4) is 16.5 Å². The maximum absolute atomic E-state index is 6.05. The molecule has 0 saturated carbocycles. The summed E-state index contributed by atoms with van der Waals surface area (Å²) >= 11 is 7.54. The number of hydrogen-bond acceptors (Lipinski definition) is 6. The topological polar surface area (TPSA) is 56.3 Å². The summed E-state index contributed by atoms with van der Waals surface area (Å²) in [7, 11) is 0. The molecule has 0 bridgehead atoms. The summed E-state index contributed by atoms with van der Waals surface area (Å²) < 4.78 is 12.4. The number of thiophene rings is 1. The highest BCUT2D eigenvalue weighted by molar-refractivity contribution is 7.19. The number of aromatic nitrogens is 2. The van der Waals surface area contributed by atoms with E-state index in [1.165, 1.54) is 11.3 Å². The molecule has 1 N–H and O–H groups in total. The third-order valence-corrected chi connectivity index (χ3v) is 5.05. The zero-order chi connectivity index (χ0) is 16.4. The number of nitrogens with one attached hydrogen (secondary N) is 1. The van der Waals surface area contributed by atoms with Crippen LogP contribution in [0.4, 0.5) is 0 Å². The van der Waals surface area contributed by atoms with Crippen LogP contribution < -0.4 is 10.1 Å². The van der Waals surface area contributed by atoms with Crippen LogP contribution in [0.25, 0.3) is 21.5 Å². The first-order valence-electron chi connectivity index (χ1n) is 7.76. The molecule has 0 aliphatic carbocycles. The molecule has 24 heavy (non-hydrogen) atoms. The van der Waals surface area contributed by atoms with Gasteiger partial charge in [0.25, 0.3) is 0 Å². The minimum absolute atomic E-state index is 0.0344. The normalized spacial score (nSPS) is 18.0. The quantitative estimate of drug-likeness (QED) is 0.772. The highest BCUT2D eigenvalue weighted by Crippen LogP contribution is 2.33. The van der Waals surface area contributed by atoms with Gasteiger partial charge in [0, 0.05) is 19.3 Å². The fourth-order valence-electron chi connectivity index (χ4n) is 2.63. The summed E-state index contributed by atoms with van der Waals surface area (Å²) in [6, 6.07) is 9.64. The van der Waals surface area contributed by atoms with Crippen LogP contribution in [0.5, 0.6) is 5.88 Å². The van der Waals surface area contributed by atoms with Gasteiger partial charge in [0.15, 0.2) is 0 Å². The van der Waals surface area contributed by atoms with Crippen LogP contribution in [0.3, 0.4) is 0 Å². The summed E-state index contributed by atoms with van der Waals surface area (Å²) in [6.45, 7) is 2.84. The summed E-state index contributed by atoms with van der Waals surface area (Å²) in [5, 5.41) is 4.19. The van der Waals surface area contributed by atoms with E-state index >= 15 is 0 Å². The van der Waals surface area contributed by atoms with E-state index in [4.69, 9.17) is 21.1 Å². The standard InChI is InChI=1S/C17H16ClN3O2S/c18-16-4-3-15(24-16)14-8-13-12(2-1-5-20-13)17(21-14)23-10-11-9-19-6-7-22-11/h1-5,8,11,19H,6-7,9-10H2/t11-/m0/s1. The Kier molecular flexibility index (Phi) is 4.62. The molecule has 0 spiro atoms. The number of halogens is 1. The molecular weight excluding hydrogens is 346 g/mol. The van der Waals surface area contributed by atoms with E-state index < -0.39 is 0 Å². The van der Waals surface area contributed by atoms with Gasteiger partial charge in [-0.3, -0.25) is 4.98 Å². The molecule has 7 heteroatoms. The lowest BCUT2D eigenvalue weighted by atomic mass is 10.2. The lowest BCUT2D eigenvalue weighted by Crippen LogP contribution is -2.41. The van der Waals surface area contributed by atoms with Gasteiger partial charge in [-0.25, -0.2) is 4.98 Å². The van der Waals surface area contributed by atoms with Crippen molar-refractivity contribution < 1.29 is 9.47 Å². The van der Waals surface area contributed by atoms with Crippen molar-refractivity contribution in [2.75, 3.05) is 26.3 Å². The maximum atomic E-state index is 6.05. The lowest BCUT2D eigenvalue weighted by molar-refractivity contribution is -0.000365. The van der Waals surface area contributed by atoms with Crippen molar-refractivity contribution in [2.24, 2.45) is 0 Å². The van der Waals surface area contributed by atoms with E-state index in [2.05, 4.69) is 15.3 Å². The van der Waals surface area contributed by atoms with Crippen LogP contribution in [0.2, 0.25) is 4.34 Å². The number of ether oxygens (including phenoxy) is 2. The molecule has 1 saturated heterocycles. The molecule has 4 rings (SSSR count). The third-order valence-electron chi connectivity index (χ3n) is 3.80. The minimum Gasteiger partial charge on any atom is -0.474 e. The Morgan fingerprint density at radius 3 is 3.12 bits per heavy atom. The van der Waals surface area contributed by atoms with E-state index in [0.29, 0.717) is 19.1 Å². The second-order valence-corrected chi connectivity index (χ2v) is 7.21. The second kappa shape index (κ2) is 7.03. The van der Waals surface area contributed by atoms with Crippen LogP contribution in [0, 0.1) is 0 Å². The van der Waals surface area contributed by atoms with Gasteiger partial charge in [0.05, 0.1) is 32.4 Å². The van der Waals surface area contributed by atoms with E-state index in [-0.39, 0.29) is 6.10 Å². The molecule has 3 aromatic heterocycles. The van der Waals surface area contributed by atoms with E-state index in [1.807, 2.05) is 30.3 Å². The Morgan fingerprint density at radius 2 is 2.33 bits per heavy atom. The van der Waals surface area contributed by atoms with Crippen molar-refractivity contribution >= 4 is 33.8 Å². The fourth-order valence-corrected chi connectivity index (χ4v) is 3.64. The van der Waals surface area contributed by atoms with Crippen LogP contribution in [-0.4, -0.2) is 42.4 Å². The van der Waals surface area contributed by atoms with Gasteiger partial charge in [0.2, 0.25) is 5.88 Å². The van der Waals surface area contributed by atoms with E-state index in [9.17, 15) is 0 Å². The first kappa shape index (κ1) is 15.8. The molecule has 4 heterocycles. The smallest absolute Gasteiger partial charge is 0.223 e. The molecule has 1 aliphatic heterocycles. The number of nitrogens with zero attached hydrogens (tertiary/aromatic N) is 2. The number of pyridine rings is 2. The Morgan fingerprint density at radius 1 is 1.38 bits per heavy atom. The summed E-state index contributed by atoms with van der Waals surface area (Å²) in [4.78, 5) is 10.1. The van der Waals surface area contributed by atoms with Crippen molar-refractivity contribution in [3.05, 3.63) is 40.9 Å². The number of fused-ring (bicyclic) bond motifs is 1. The molecule has 5 nitrogen and oxygen atoms in total. The molecule has 0 aromatic carbocycles. The van der Waals surface area contributed by atoms with Crippen LogP contribution in [0.15, 0.2) is 36.5 Å². The summed E-state index contributed by atoms with van der Waals surface area (Å²) in [6.07, 6.45) is 1.80. The Balaban J connectivity index is 1.66. The molecule has 0 radical (unpaired) electrons. The van der Waals surface area contributed by atoms with Crippen molar-refractivity contribution in [3.63, 3.8) is 0 Å². The van der Waals surface area contributed by atoms with Crippen LogP contribution in [-0.2, 0) is 4.74 Å². The molecule has 3 aromatic rings. The van der Waals surface area contributed by atoms with E-state index in [0.717, 1.165) is 38.9 Å². The minimum atomic E-state index is 0.0344. The summed E-state index contributed by atoms with van der Waals surface area (Å²) in [5.41, 5.74) is 1.67. The first-order valence-corrected chi connectivity index (χ1v) is 8.95. The highest BCUT2D eigenvalue weighted by Gasteiger charge is 2.16. The average molecular weight is 362 g/mol. The monoisotopic (exact) mass is 361 g/mol. The average Bonchev–Trinajstić information content (AvgIpc) is 3.07. The van der Waals surface area contributed by atoms with E-state index in [1.54, 1.807) is 6.20 Å². The first-order chi connectivity index (χ1) is 11.8. The van der Waals surface area contributed by atoms with Gasteiger partial charge in [-0.1, -0.05) is 11.6 Å². The Labute approximate surface area is 148 Å². The predicted molar refractivity (Wildman–Crippen MR) is 96.0 cm³/mol. The molecule has 0 amide bonds. The molecule has 1 aliphatic rings. The number of hydrogen-bond donors (Lipinski definition) is 1. The molecule has 0 unspecified atom stereocenters. The van der Waals surface area contributed by atoms with Gasteiger partial charge >= 0.3 is 0 Å². The number of rotatable bonds is 4. The van der Waals surface area contributed by atoms with Crippen molar-refractivity contribution in [1.82, 2.24) is 15.3 Å². The zero-order valence-corrected chi connectivity index (χ0v) is 14.4. The van der Waals surface area contributed by atoms with Gasteiger partial charge in [0.1, 0.15) is 12.7 Å². The predicted octanol–water partition coefficient (Wildman–Crippen LogP) is 3.38.